The first-order chi connectivity index (χ1) is 5.40. The summed E-state index contributed by atoms with van der Waals surface area (Å²) in [6, 6.07) is 6.51. The van der Waals surface area contributed by atoms with Crippen molar-refractivity contribution in [3.8, 4) is 0 Å². The Morgan fingerprint density at radius 2 is 2.36 bits per heavy atom. The Morgan fingerprint density at radius 3 is 3.18 bits per heavy atom. The van der Waals surface area contributed by atoms with E-state index in [2.05, 4.69) is 29.4 Å². The van der Waals surface area contributed by atoms with Crippen LogP contribution in [0.5, 0.6) is 0 Å². The molecular weight excluding hydrogens is 221 g/mol. The van der Waals surface area contributed by atoms with E-state index in [1.165, 1.54) is 14.7 Å². The van der Waals surface area contributed by atoms with Gasteiger partial charge < -0.3 is 0 Å². The molecule has 0 aliphatic carbocycles. The van der Waals surface area contributed by atoms with Gasteiger partial charge in [0.15, 0.2) is 0 Å². The molecule has 0 bridgehead atoms. The van der Waals surface area contributed by atoms with Crippen molar-refractivity contribution >= 4 is 36.0 Å². The topological polar surface area (TPSA) is 12.9 Å². The summed E-state index contributed by atoms with van der Waals surface area (Å²) in [5.74, 6) is 0. The summed E-state index contributed by atoms with van der Waals surface area (Å²) < 4.78 is 1.41. The van der Waals surface area contributed by atoms with Gasteiger partial charge in [0, 0.05) is 0 Å². The van der Waals surface area contributed by atoms with Crippen molar-refractivity contribution < 1.29 is 0 Å². The van der Waals surface area contributed by atoms with E-state index in [9.17, 15) is 0 Å². The SMILES string of the molecule is CSc1ccc2[se]cnc2c1. The molecule has 0 aliphatic rings. The molecule has 56 valence electrons. The third kappa shape index (κ3) is 1.36. The molecule has 0 N–H and O–H groups in total. The van der Waals surface area contributed by atoms with E-state index in [-0.39, 0.29) is 0 Å². The van der Waals surface area contributed by atoms with Gasteiger partial charge in [0.2, 0.25) is 0 Å². The van der Waals surface area contributed by atoms with Crippen LogP contribution in [0.15, 0.2) is 28.2 Å². The van der Waals surface area contributed by atoms with Crippen LogP contribution in [0.3, 0.4) is 0 Å². The van der Waals surface area contributed by atoms with Crippen LogP contribution in [0.25, 0.3) is 9.78 Å². The van der Waals surface area contributed by atoms with E-state index >= 15 is 0 Å². The minimum absolute atomic E-state index is 0.492. The molecule has 0 spiro atoms. The summed E-state index contributed by atoms with van der Waals surface area (Å²) in [5, 5.41) is 2.03. The summed E-state index contributed by atoms with van der Waals surface area (Å²) >= 11 is 2.26. The second-order valence-electron chi connectivity index (χ2n) is 2.19. The molecule has 0 saturated carbocycles. The maximum absolute atomic E-state index is 4.30. The normalized spacial score (nSPS) is 10.6. The number of aromatic nitrogens is 1. The van der Waals surface area contributed by atoms with Crippen molar-refractivity contribution in [2.75, 3.05) is 6.26 Å². The zero-order valence-electron chi connectivity index (χ0n) is 6.07. The fraction of sp³-hybridized carbons (Fsp3) is 0.125. The first-order valence-electron chi connectivity index (χ1n) is 3.27. The number of thioether (sulfide) groups is 1. The summed E-state index contributed by atoms with van der Waals surface area (Å²) in [6.07, 6.45) is 2.09. The Morgan fingerprint density at radius 1 is 1.45 bits per heavy atom. The van der Waals surface area contributed by atoms with Gasteiger partial charge in [-0.05, 0) is 0 Å². The van der Waals surface area contributed by atoms with Gasteiger partial charge in [-0.25, -0.2) is 0 Å². The quantitative estimate of drug-likeness (QED) is 0.547. The molecule has 2 rings (SSSR count). The molecule has 1 nitrogen and oxygen atoms in total. The zero-order valence-corrected chi connectivity index (χ0v) is 8.60. The van der Waals surface area contributed by atoms with Crippen molar-refractivity contribution in [3.05, 3.63) is 23.3 Å². The van der Waals surface area contributed by atoms with Crippen LogP contribution in [0.4, 0.5) is 0 Å². The third-order valence-corrected chi connectivity index (χ3v) is 3.96. The first-order valence-corrected chi connectivity index (χ1v) is 6.34. The summed E-state index contributed by atoms with van der Waals surface area (Å²) in [4.78, 5) is 5.60. The van der Waals surface area contributed by atoms with Crippen LogP contribution in [0.2, 0.25) is 0 Å². The van der Waals surface area contributed by atoms with E-state index in [1.807, 2.05) is 5.07 Å². The Kier molecular flexibility index (Phi) is 2.03. The minimum atomic E-state index is 0.492. The van der Waals surface area contributed by atoms with Crippen molar-refractivity contribution in [2.24, 2.45) is 0 Å². The second-order valence-corrected chi connectivity index (χ2v) is 4.93. The van der Waals surface area contributed by atoms with Gasteiger partial charge in [-0.1, -0.05) is 0 Å². The maximum atomic E-state index is 4.30. The van der Waals surface area contributed by atoms with E-state index in [4.69, 9.17) is 0 Å². The summed E-state index contributed by atoms with van der Waals surface area (Å²) in [7, 11) is 0. The molecule has 1 aromatic heterocycles. The molecule has 0 aliphatic heterocycles. The number of benzene rings is 1. The third-order valence-electron chi connectivity index (χ3n) is 1.54. The van der Waals surface area contributed by atoms with Gasteiger partial charge in [-0.15, -0.1) is 0 Å². The Labute approximate surface area is 75.6 Å². The number of hydrogen-bond donors (Lipinski definition) is 0. The van der Waals surface area contributed by atoms with Crippen molar-refractivity contribution in [1.82, 2.24) is 4.98 Å². The van der Waals surface area contributed by atoms with Crippen molar-refractivity contribution in [3.63, 3.8) is 0 Å². The first kappa shape index (κ1) is 7.41. The molecule has 3 heteroatoms. The Balaban J connectivity index is 2.67. The van der Waals surface area contributed by atoms with Crippen LogP contribution in [-0.2, 0) is 0 Å². The van der Waals surface area contributed by atoms with Crippen LogP contribution < -0.4 is 0 Å². The van der Waals surface area contributed by atoms with Gasteiger partial charge in [0.05, 0.1) is 0 Å². The second kappa shape index (κ2) is 3.02. The van der Waals surface area contributed by atoms with E-state index in [1.54, 1.807) is 11.8 Å². The molecule has 0 unspecified atom stereocenters. The Hall–Kier alpha value is -0.241. The van der Waals surface area contributed by atoms with Crippen LogP contribution >= 0.6 is 11.8 Å². The summed E-state index contributed by atoms with van der Waals surface area (Å²) in [5.41, 5.74) is 1.18. The van der Waals surface area contributed by atoms with Crippen LogP contribution in [-0.4, -0.2) is 25.7 Å². The zero-order chi connectivity index (χ0) is 7.68. The molecule has 0 saturated heterocycles. The molecule has 0 amide bonds. The molecule has 11 heavy (non-hydrogen) atoms. The number of rotatable bonds is 1. The van der Waals surface area contributed by atoms with Crippen molar-refractivity contribution in [1.29, 1.82) is 0 Å². The number of fused-ring (bicyclic) bond motifs is 1. The molecular formula is C8H7NSSe. The molecule has 0 radical (unpaired) electrons. The van der Waals surface area contributed by atoms with Crippen LogP contribution in [0, 0.1) is 0 Å². The van der Waals surface area contributed by atoms with E-state index in [0.29, 0.717) is 14.5 Å². The fourth-order valence-electron chi connectivity index (χ4n) is 0.965. The van der Waals surface area contributed by atoms with Gasteiger partial charge in [0.25, 0.3) is 0 Å². The standard InChI is InChI=1S/C8H7NSSe/c1-10-6-2-3-8-7(4-6)9-5-11-8/h2-5H,1H3. The molecule has 0 fully saturated rings. The van der Waals surface area contributed by atoms with Gasteiger partial charge in [0.1, 0.15) is 0 Å². The summed E-state index contributed by atoms with van der Waals surface area (Å²) in [6.45, 7) is 0. The van der Waals surface area contributed by atoms with Crippen LogP contribution in [0.1, 0.15) is 0 Å². The van der Waals surface area contributed by atoms with E-state index < -0.39 is 0 Å². The van der Waals surface area contributed by atoms with E-state index in [0.717, 1.165) is 0 Å². The number of hydrogen-bond acceptors (Lipinski definition) is 2. The van der Waals surface area contributed by atoms with Gasteiger partial charge in [-0.2, -0.15) is 0 Å². The monoisotopic (exact) mass is 229 g/mol. The average molecular weight is 228 g/mol. The molecule has 2 aromatic rings. The van der Waals surface area contributed by atoms with Gasteiger partial charge >= 0.3 is 75.4 Å². The van der Waals surface area contributed by atoms with Crippen molar-refractivity contribution in [2.45, 2.75) is 4.90 Å². The molecule has 0 atom stereocenters. The Bertz CT molecular complexity index is 369. The predicted octanol–water partition coefficient (Wildman–Crippen LogP) is 2.01. The van der Waals surface area contributed by atoms with Gasteiger partial charge in [-0.3, -0.25) is 0 Å². The molecule has 1 heterocycles. The number of nitrogens with zero attached hydrogens (tertiary/aromatic N) is 1. The average Bonchev–Trinajstić information content (AvgIpc) is 2.50. The molecule has 1 aromatic carbocycles. The predicted molar refractivity (Wildman–Crippen MR) is 50.5 cm³/mol. The fourth-order valence-corrected chi connectivity index (χ4v) is 2.78.